The second-order valence-electron chi connectivity index (χ2n) is 10.00. The van der Waals surface area contributed by atoms with Gasteiger partial charge in [-0.15, -0.1) is 0 Å². The highest BCUT2D eigenvalue weighted by atomic mass is 32.2. The maximum absolute atomic E-state index is 14.8. The molecule has 2 heterocycles. The number of ether oxygens (including phenoxy) is 2. The van der Waals surface area contributed by atoms with Crippen LogP contribution in [0.25, 0.3) is 11.3 Å². The third-order valence-corrected chi connectivity index (χ3v) is 7.69. The Balaban J connectivity index is 1.60. The average Bonchev–Trinajstić information content (AvgIpc) is 2.93. The van der Waals surface area contributed by atoms with E-state index in [1.165, 1.54) is 24.5 Å². The Labute approximate surface area is 247 Å². The zero-order valence-corrected chi connectivity index (χ0v) is 24.3. The molecule has 230 valence electrons. The summed E-state index contributed by atoms with van der Waals surface area (Å²) < 4.78 is 57.8. The molecular formula is C28H33F2N7O5S. The second-order valence-corrected chi connectivity index (χ2v) is 12.4. The van der Waals surface area contributed by atoms with Crippen LogP contribution < -0.4 is 31.6 Å². The topological polar surface area (TPSA) is 184 Å². The molecule has 4 rings (SSSR count). The van der Waals surface area contributed by atoms with Gasteiger partial charge >= 0.3 is 6.03 Å². The smallest absolute Gasteiger partial charge is 0.312 e. The van der Waals surface area contributed by atoms with E-state index >= 15 is 0 Å². The van der Waals surface area contributed by atoms with Crippen LogP contribution in [0, 0.1) is 11.6 Å². The summed E-state index contributed by atoms with van der Waals surface area (Å²) in [6, 6.07) is 7.15. The Morgan fingerprint density at radius 2 is 1.93 bits per heavy atom. The Kier molecular flexibility index (Phi) is 10.4. The van der Waals surface area contributed by atoms with Crippen molar-refractivity contribution in [1.29, 1.82) is 0 Å². The van der Waals surface area contributed by atoms with Crippen LogP contribution in [0.15, 0.2) is 47.0 Å². The number of primary amides is 1. The molecule has 0 unspecified atom stereocenters. The van der Waals surface area contributed by atoms with Crippen molar-refractivity contribution >= 4 is 33.3 Å². The van der Waals surface area contributed by atoms with Crippen molar-refractivity contribution in [3.05, 3.63) is 59.8 Å². The number of halogens is 2. The Morgan fingerprint density at radius 1 is 1.16 bits per heavy atom. The molecule has 0 saturated heterocycles. The summed E-state index contributed by atoms with van der Waals surface area (Å²) in [5, 5.41) is 5.42. The number of anilines is 2. The molecule has 3 aromatic rings. The van der Waals surface area contributed by atoms with E-state index in [4.69, 9.17) is 20.9 Å². The molecule has 0 radical (unpaired) electrons. The van der Waals surface area contributed by atoms with Crippen LogP contribution in [0.3, 0.4) is 0 Å². The Bertz CT molecular complexity index is 1610. The van der Waals surface area contributed by atoms with E-state index in [0.29, 0.717) is 42.9 Å². The van der Waals surface area contributed by atoms with E-state index < -0.39 is 39.3 Å². The van der Waals surface area contributed by atoms with Crippen molar-refractivity contribution in [2.75, 3.05) is 31.3 Å². The molecule has 2 aromatic carbocycles. The fourth-order valence-corrected chi connectivity index (χ4v) is 5.65. The maximum Gasteiger partial charge on any atom is 0.312 e. The Morgan fingerprint density at radius 3 is 2.70 bits per heavy atom. The minimum absolute atomic E-state index is 0.0403. The number of carbonyl (C=O) groups excluding carboxylic acids is 2. The van der Waals surface area contributed by atoms with Gasteiger partial charge in [0.25, 0.3) is 5.91 Å². The van der Waals surface area contributed by atoms with E-state index in [0.717, 1.165) is 6.20 Å². The van der Waals surface area contributed by atoms with Gasteiger partial charge in [-0.25, -0.2) is 27.8 Å². The SMILES string of the molecule is C[S@](=O)(Cc1cc2cc(c1)OCCCCOc1cc(F)ccc1-c1nc(ncc1F)N2)=NC(=O)[C@@H](N)CCCNC(N)=O. The van der Waals surface area contributed by atoms with Crippen molar-refractivity contribution in [2.24, 2.45) is 15.8 Å². The molecule has 15 heteroatoms. The van der Waals surface area contributed by atoms with Crippen LogP contribution >= 0.6 is 0 Å². The third-order valence-electron chi connectivity index (χ3n) is 6.26. The van der Waals surface area contributed by atoms with Gasteiger partial charge in [0.15, 0.2) is 5.82 Å². The van der Waals surface area contributed by atoms with Crippen LogP contribution in [-0.4, -0.2) is 58.2 Å². The maximum atomic E-state index is 14.8. The van der Waals surface area contributed by atoms with E-state index in [2.05, 4.69) is 25.0 Å². The lowest BCUT2D eigenvalue weighted by molar-refractivity contribution is -0.119. The molecule has 0 aliphatic carbocycles. The summed E-state index contributed by atoms with van der Waals surface area (Å²) in [4.78, 5) is 31.7. The lowest BCUT2D eigenvalue weighted by Crippen LogP contribution is -2.33. The number of aromatic nitrogens is 2. The van der Waals surface area contributed by atoms with Gasteiger partial charge in [-0.2, -0.15) is 4.36 Å². The van der Waals surface area contributed by atoms with Crippen LogP contribution in [0.5, 0.6) is 11.5 Å². The molecule has 0 saturated carbocycles. The first kappa shape index (κ1) is 31.6. The number of nitrogens with two attached hydrogens (primary N) is 2. The summed E-state index contributed by atoms with van der Waals surface area (Å²) in [5.41, 5.74) is 12.1. The minimum atomic E-state index is -3.06. The predicted octanol–water partition coefficient (Wildman–Crippen LogP) is 3.62. The first-order valence-electron chi connectivity index (χ1n) is 13.5. The summed E-state index contributed by atoms with van der Waals surface area (Å²) in [6.45, 7) is 0.808. The van der Waals surface area contributed by atoms with Gasteiger partial charge in [-0.1, -0.05) is 0 Å². The summed E-state index contributed by atoms with van der Waals surface area (Å²) in [7, 11) is -3.06. The standard InChI is InChI=1S/C28H33F2N7O5S/c1-43(40,37-26(38)23(31)5-4-8-33-27(32)39)16-17-11-19-14-20(12-17)41-9-2-3-10-42-24-13-18(29)6-7-21(24)25-22(30)15-34-28(35-19)36-25/h6-7,11-15,23H,2-5,8-10,16,31H2,1H3,(H3,32,33,39)(H,34,35,36)/t23-,43-/m0/s1. The highest BCUT2D eigenvalue weighted by Crippen LogP contribution is 2.33. The van der Waals surface area contributed by atoms with Crippen molar-refractivity contribution < 1.29 is 32.1 Å². The minimum Gasteiger partial charge on any atom is -0.494 e. The van der Waals surface area contributed by atoms with Gasteiger partial charge < -0.3 is 31.6 Å². The summed E-state index contributed by atoms with van der Waals surface area (Å²) >= 11 is 0. The molecule has 1 aromatic heterocycles. The third kappa shape index (κ3) is 9.31. The van der Waals surface area contributed by atoms with Crippen molar-refractivity contribution in [3.8, 4) is 22.8 Å². The van der Waals surface area contributed by atoms with Crippen LogP contribution in [0.4, 0.5) is 25.2 Å². The number of hydrogen-bond donors (Lipinski definition) is 4. The highest BCUT2D eigenvalue weighted by molar-refractivity contribution is 7.92. The van der Waals surface area contributed by atoms with E-state index in [-0.39, 0.29) is 48.3 Å². The Hall–Kier alpha value is -4.37. The molecule has 3 amide bonds. The van der Waals surface area contributed by atoms with Crippen molar-refractivity contribution in [2.45, 2.75) is 37.5 Å². The highest BCUT2D eigenvalue weighted by Gasteiger charge is 2.18. The zero-order chi connectivity index (χ0) is 31.0. The number of rotatable bonds is 7. The average molecular weight is 618 g/mol. The number of fused-ring (bicyclic) bond motifs is 6. The second kappa shape index (κ2) is 14.2. The lowest BCUT2D eigenvalue weighted by Gasteiger charge is -2.14. The zero-order valence-electron chi connectivity index (χ0n) is 23.5. The molecule has 0 spiro atoms. The first-order valence-corrected chi connectivity index (χ1v) is 15.6. The van der Waals surface area contributed by atoms with Crippen LogP contribution in [0.1, 0.15) is 31.2 Å². The molecule has 1 aliphatic heterocycles. The lowest BCUT2D eigenvalue weighted by atomic mass is 10.1. The molecule has 1 aliphatic rings. The predicted molar refractivity (Wildman–Crippen MR) is 157 cm³/mol. The fraction of sp³-hybridized carbons (Fsp3) is 0.357. The van der Waals surface area contributed by atoms with Gasteiger partial charge in [-0.05, 0) is 55.5 Å². The molecule has 0 fully saturated rings. The van der Waals surface area contributed by atoms with Crippen molar-refractivity contribution in [3.63, 3.8) is 0 Å². The van der Waals surface area contributed by atoms with Crippen LogP contribution in [-0.2, 0) is 20.3 Å². The van der Waals surface area contributed by atoms with Crippen LogP contribution in [0.2, 0.25) is 0 Å². The summed E-state index contributed by atoms with van der Waals surface area (Å²) in [5.74, 6) is -1.41. The van der Waals surface area contributed by atoms with E-state index in [1.54, 1.807) is 18.2 Å². The monoisotopic (exact) mass is 617 g/mol. The van der Waals surface area contributed by atoms with Gasteiger partial charge in [0, 0.05) is 36.2 Å². The van der Waals surface area contributed by atoms with Gasteiger partial charge in [0.1, 0.15) is 23.0 Å². The number of urea groups is 1. The summed E-state index contributed by atoms with van der Waals surface area (Å²) in [6.07, 6.45) is 4.14. The number of hydrogen-bond acceptors (Lipinski definition) is 9. The largest absolute Gasteiger partial charge is 0.494 e. The normalized spacial score (nSPS) is 15.1. The molecular weight excluding hydrogens is 584 g/mol. The first-order chi connectivity index (χ1) is 20.5. The van der Waals surface area contributed by atoms with E-state index in [1.807, 2.05) is 0 Å². The number of nitrogens with zero attached hydrogens (tertiary/aromatic N) is 3. The van der Waals surface area contributed by atoms with E-state index in [9.17, 15) is 22.6 Å². The molecule has 2 atom stereocenters. The van der Waals surface area contributed by atoms with Gasteiger partial charge in [-0.3, -0.25) is 4.79 Å². The number of carbonyl (C=O) groups is 2. The van der Waals surface area contributed by atoms with Crippen molar-refractivity contribution in [1.82, 2.24) is 15.3 Å². The number of benzene rings is 2. The number of amides is 3. The van der Waals surface area contributed by atoms with Gasteiger partial charge in [0.05, 0.1) is 40.9 Å². The quantitative estimate of drug-likeness (QED) is 0.288. The molecule has 6 N–H and O–H groups in total. The fourth-order valence-electron chi connectivity index (χ4n) is 4.29. The molecule has 4 bridgehead atoms. The number of nitrogens with one attached hydrogen (secondary N) is 2. The molecule has 12 nitrogen and oxygen atoms in total. The van der Waals surface area contributed by atoms with Gasteiger partial charge in [0.2, 0.25) is 5.95 Å². The molecule has 43 heavy (non-hydrogen) atoms.